The first-order chi connectivity index (χ1) is 20.3. The molecule has 0 saturated carbocycles. The van der Waals surface area contributed by atoms with Crippen molar-refractivity contribution in [3.63, 3.8) is 0 Å². The number of nitrogens with zero attached hydrogens (tertiary/aromatic N) is 3. The molecule has 3 aromatic rings. The topological polar surface area (TPSA) is 104 Å². The molecule has 43 heavy (non-hydrogen) atoms. The summed E-state index contributed by atoms with van der Waals surface area (Å²) in [5.74, 6) is 0.200. The Morgan fingerprint density at radius 3 is 2.33 bits per heavy atom. The number of hydrogen-bond donors (Lipinski definition) is 2. The van der Waals surface area contributed by atoms with E-state index in [-0.39, 0.29) is 23.1 Å². The fourth-order valence-corrected chi connectivity index (χ4v) is 6.43. The average Bonchev–Trinajstić information content (AvgIpc) is 3.42. The van der Waals surface area contributed by atoms with Gasteiger partial charge in [0.1, 0.15) is 5.75 Å². The molecule has 9 nitrogen and oxygen atoms in total. The molecule has 2 N–H and O–H groups in total. The van der Waals surface area contributed by atoms with Crippen LogP contribution in [0.1, 0.15) is 66.5 Å². The van der Waals surface area contributed by atoms with Crippen molar-refractivity contribution >= 4 is 46.0 Å². The summed E-state index contributed by atoms with van der Waals surface area (Å²) >= 11 is 2.87. The van der Waals surface area contributed by atoms with Crippen LogP contribution in [0.15, 0.2) is 51.7 Å². The van der Waals surface area contributed by atoms with Gasteiger partial charge in [-0.05, 0) is 54.7 Å². The second kappa shape index (κ2) is 13.9. The highest BCUT2D eigenvalue weighted by Crippen LogP contribution is 2.38. The van der Waals surface area contributed by atoms with E-state index in [9.17, 15) is 14.4 Å². The largest absolute Gasteiger partial charge is 0.496 e. The number of carbonyl (C=O) groups excluding carboxylic acids is 3. The Labute approximate surface area is 262 Å². The summed E-state index contributed by atoms with van der Waals surface area (Å²) in [6.45, 7) is 15.0. The lowest BCUT2D eigenvalue weighted by Gasteiger charge is -2.34. The average molecular weight is 624 g/mol. The maximum absolute atomic E-state index is 13.4. The zero-order valence-corrected chi connectivity index (χ0v) is 27.6. The normalized spacial score (nSPS) is 14.4. The van der Waals surface area contributed by atoms with Gasteiger partial charge >= 0.3 is 0 Å². The first kappa shape index (κ1) is 32.5. The lowest BCUT2D eigenvalue weighted by Crippen LogP contribution is -2.50. The molecule has 1 atom stereocenters. The van der Waals surface area contributed by atoms with Gasteiger partial charge < -0.3 is 19.9 Å². The van der Waals surface area contributed by atoms with Gasteiger partial charge in [0.05, 0.1) is 23.1 Å². The van der Waals surface area contributed by atoms with Gasteiger partial charge in [0, 0.05) is 56.1 Å². The molecule has 1 aromatic heterocycles. The summed E-state index contributed by atoms with van der Waals surface area (Å²) in [5.41, 5.74) is 3.30. The van der Waals surface area contributed by atoms with E-state index in [0.29, 0.717) is 54.2 Å². The van der Waals surface area contributed by atoms with Crippen LogP contribution in [0, 0.1) is 12.3 Å². The molecule has 0 unspecified atom stereocenters. The number of ether oxygens (including phenoxy) is 1. The van der Waals surface area contributed by atoms with E-state index >= 15 is 0 Å². The van der Waals surface area contributed by atoms with Crippen LogP contribution in [-0.4, -0.2) is 71.8 Å². The highest BCUT2D eigenvalue weighted by atomic mass is 32.2. The molecule has 4 rings (SSSR count). The predicted octanol–water partition coefficient (Wildman–Crippen LogP) is 5.69. The number of piperazine rings is 1. The van der Waals surface area contributed by atoms with Crippen molar-refractivity contribution in [3.8, 4) is 5.75 Å². The first-order valence-electron chi connectivity index (χ1n) is 14.4. The molecule has 1 aliphatic heterocycles. The van der Waals surface area contributed by atoms with Crippen LogP contribution in [0.5, 0.6) is 5.75 Å². The Kier molecular flexibility index (Phi) is 10.5. The summed E-state index contributed by atoms with van der Waals surface area (Å²) in [4.78, 5) is 46.8. The van der Waals surface area contributed by atoms with Gasteiger partial charge in [-0.3, -0.25) is 19.7 Å². The maximum Gasteiger partial charge on any atom is 0.257 e. The Morgan fingerprint density at radius 2 is 1.72 bits per heavy atom. The van der Waals surface area contributed by atoms with Crippen molar-refractivity contribution in [1.82, 2.24) is 20.1 Å². The summed E-state index contributed by atoms with van der Waals surface area (Å²) in [6, 6.07) is 11.7. The van der Waals surface area contributed by atoms with E-state index in [2.05, 4.69) is 43.3 Å². The van der Waals surface area contributed by atoms with E-state index in [4.69, 9.17) is 4.74 Å². The summed E-state index contributed by atoms with van der Waals surface area (Å²) in [6.07, 6.45) is 1.72. The van der Waals surface area contributed by atoms with Crippen molar-refractivity contribution in [2.75, 3.05) is 38.6 Å². The number of hydrogen-bond acceptors (Lipinski definition) is 8. The van der Waals surface area contributed by atoms with E-state index in [1.807, 2.05) is 43.3 Å². The Morgan fingerprint density at radius 1 is 1.07 bits per heavy atom. The molecule has 0 aliphatic carbocycles. The Bertz CT molecular complexity index is 1460. The zero-order valence-electron chi connectivity index (χ0n) is 25.9. The van der Waals surface area contributed by atoms with Crippen LogP contribution in [0.4, 0.5) is 5.13 Å². The van der Waals surface area contributed by atoms with Crippen LogP contribution < -0.4 is 15.4 Å². The molecule has 0 radical (unpaired) electrons. The monoisotopic (exact) mass is 623 g/mol. The lowest BCUT2D eigenvalue weighted by molar-refractivity contribution is -0.130. The van der Waals surface area contributed by atoms with Crippen molar-refractivity contribution < 1.29 is 19.1 Å². The molecule has 1 aliphatic rings. The SMILES string of the molecule is COc1cc(C)c(Sc2cnc(NC(=O)c3ccc(CN[C@@H](C)C(C)(C)C)cc3)s2)cc1C(=O)N1CCN(C(C)=O)CC1. The van der Waals surface area contributed by atoms with Gasteiger partial charge in [0.25, 0.3) is 11.8 Å². The number of methoxy groups -OCH3 is 1. The molecule has 2 heterocycles. The second-order valence-corrected chi connectivity index (χ2v) is 14.2. The van der Waals surface area contributed by atoms with Crippen LogP contribution in [-0.2, 0) is 11.3 Å². The van der Waals surface area contributed by atoms with Crippen LogP contribution >= 0.6 is 23.1 Å². The number of aryl methyl sites for hydroxylation is 1. The molecule has 11 heteroatoms. The molecular weight excluding hydrogens is 583 g/mol. The minimum Gasteiger partial charge on any atom is -0.496 e. The Hall–Kier alpha value is -3.41. The van der Waals surface area contributed by atoms with E-state index < -0.39 is 0 Å². The number of rotatable bonds is 9. The fourth-order valence-electron chi connectivity index (χ4n) is 4.50. The number of anilines is 1. The smallest absolute Gasteiger partial charge is 0.257 e. The number of carbonyl (C=O) groups is 3. The van der Waals surface area contributed by atoms with Gasteiger partial charge in [-0.25, -0.2) is 4.98 Å². The third-order valence-corrected chi connectivity index (χ3v) is 9.96. The third-order valence-electron chi connectivity index (χ3n) is 7.78. The Balaban J connectivity index is 1.39. The van der Waals surface area contributed by atoms with Crippen molar-refractivity contribution in [1.29, 1.82) is 0 Å². The van der Waals surface area contributed by atoms with Crippen LogP contribution in [0.25, 0.3) is 0 Å². The highest BCUT2D eigenvalue weighted by molar-refractivity contribution is 8.01. The second-order valence-electron chi connectivity index (χ2n) is 11.8. The number of nitrogens with one attached hydrogen (secondary N) is 2. The molecule has 0 spiro atoms. The summed E-state index contributed by atoms with van der Waals surface area (Å²) in [5, 5.41) is 6.94. The number of thiazole rings is 1. The molecule has 1 fully saturated rings. The lowest BCUT2D eigenvalue weighted by atomic mass is 9.88. The first-order valence-corrected chi connectivity index (χ1v) is 16.0. The van der Waals surface area contributed by atoms with Gasteiger partial charge in [0.2, 0.25) is 5.91 Å². The zero-order chi connectivity index (χ0) is 31.3. The van der Waals surface area contributed by atoms with Crippen molar-refractivity contribution in [3.05, 3.63) is 64.8 Å². The van der Waals surface area contributed by atoms with Gasteiger partial charge in [-0.1, -0.05) is 56.0 Å². The number of amides is 3. The van der Waals surface area contributed by atoms with Crippen molar-refractivity contribution in [2.24, 2.45) is 5.41 Å². The molecule has 0 bridgehead atoms. The number of benzene rings is 2. The van der Waals surface area contributed by atoms with E-state index in [0.717, 1.165) is 26.8 Å². The molecule has 2 aromatic carbocycles. The van der Waals surface area contributed by atoms with E-state index in [1.165, 1.54) is 23.1 Å². The number of aromatic nitrogens is 1. The quantitative estimate of drug-likeness (QED) is 0.316. The summed E-state index contributed by atoms with van der Waals surface area (Å²) < 4.78 is 6.44. The maximum atomic E-state index is 13.4. The standard InChI is InChI=1S/C32H41N5O4S2/c1-20-16-26(41-7)25(30(40)37-14-12-36(13-15-37)22(3)38)17-27(20)42-28-19-34-31(43-28)35-29(39)24-10-8-23(9-11-24)18-33-21(2)32(4,5)6/h8-11,16-17,19,21,33H,12-15,18H2,1-7H3,(H,34,35,39)/t21-/m0/s1. The molecule has 1 saturated heterocycles. The minimum absolute atomic E-state index is 0.0195. The third kappa shape index (κ3) is 8.36. The van der Waals surface area contributed by atoms with Gasteiger partial charge in [-0.2, -0.15) is 0 Å². The molecular formula is C32H41N5O4S2. The van der Waals surface area contributed by atoms with Crippen LogP contribution in [0.2, 0.25) is 0 Å². The highest BCUT2D eigenvalue weighted by Gasteiger charge is 2.26. The van der Waals surface area contributed by atoms with Crippen molar-refractivity contribution in [2.45, 2.75) is 63.2 Å². The predicted molar refractivity (Wildman–Crippen MR) is 172 cm³/mol. The summed E-state index contributed by atoms with van der Waals surface area (Å²) in [7, 11) is 1.56. The minimum atomic E-state index is -0.216. The van der Waals surface area contributed by atoms with Crippen LogP contribution in [0.3, 0.4) is 0 Å². The fraction of sp³-hybridized carbons (Fsp3) is 0.438. The van der Waals surface area contributed by atoms with Gasteiger partial charge in [0.15, 0.2) is 5.13 Å². The van der Waals surface area contributed by atoms with Gasteiger partial charge in [-0.15, -0.1) is 0 Å². The molecule has 3 amide bonds. The molecule has 230 valence electrons. The van der Waals surface area contributed by atoms with E-state index in [1.54, 1.807) is 30.0 Å².